The third-order valence-electron chi connectivity index (χ3n) is 2.81. The molecule has 0 atom stereocenters. The lowest BCUT2D eigenvalue weighted by Crippen LogP contribution is -1.97. The number of aromatic nitrogens is 1. The van der Waals surface area contributed by atoms with Crippen LogP contribution in [0.4, 0.5) is 0 Å². The first kappa shape index (κ1) is 11.4. The van der Waals surface area contributed by atoms with Crippen LogP contribution in [-0.2, 0) is 6.54 Å². The third-order valence-corrected chi connectivity index (χ3v) is 2.81. The number of unbranched alkanes of at least 4 members (excludes halogenated alkanes) is 5. The van der Waals surface area contributed by atoms with Crippen molar-refractivity contribution >= 4 is 0 Å². The van der Waals surface area contributed by atoms with Crippen LogP contribution in [0.25, 0.3) is 0 Å². The molecule has 0 amide bonds. The molecule has 0 aromatic carbocycles. The number of hydrogen-bond acceptors (Lipinski definition) is 0. The molecule has 0 aliphatic rings. The summed E-state index contributed by atoms with van der Waals surface area (Å²) in [5, 5.41) is 0. The van der Waals surface area contributed by atoms with E-state index in [1.54, 1.807) is 0 Å². The Hall–Kier alpha value is -0.720. The van der Waals surface area contributed by atoms with Crippen molar-refractivity contribution in [2.75, 3.05) is 0 Å². The summed E-state index contributed by atoms with van der Waals surface area (Å²) in [6.45, 7) is 5.64. The van der Waals surface area contributed by atoms with E-state index in [-0.39, 0.29) is 0 Å². The van der Waals surface area contributed by atoms with E-state index in [1.165, 1.54) is 50.8 Å². The van der Waals surface area contributed by atoms with Crippen molar-refractivity contribution in [1.29, 1.82) is 0 Å². The Morgan fingerprint density at radius 2 is 1.79 bits per heavy atom. The molecule has 0 saturated heterocycles. The normalized spacial score (nSPS) is 10.7. The quantitative estimate of drug-likeness (QED) is 0.573. The maximum absolute atomic E-state index is 2.35. The van der Waals surface area contributed by atoms with Crippen LogP contribution < -0.4 is 0 Å². The Morgan fingerprint density at radius 1 is 1.07 bits per heavy atom. The molecule has 1 nitrogen and oxygen atoms in total. The minimum Gasteiger partial charge on any atom is -0.352 e. The molecular formula is C13H23N. The van der Waals surface area contributed by atoms with Gasteiger partial charge in [0.25, 0.3) is 0 Å². The summed E-state index contributed by atoms with van der Waals surface area (Å²) < 4.78 is 2.35. The first-order chi connectivity index (χ1) is 6.84. The second kappa shape index (κ2) is 6.69. The topological polar surface area (TPSA) is 4.93 Å². The standard InChI is InChI=1S/C13H23N/c1-3-4-5-6-7-8-11-14-12-9-10-13(14)2/h9-10,12H,3-8,11H2,1-2H3. The highest BCUT2D eigenvalue weighted by Gasteiger charge is 1.94. The molecule has 0 saturated carbocycles. The maximum atomic E-state index is 2.35. The molecule has 1 heterocycles. The first-order valence-electron chi connectivity index (χ1n) is 5.96. The zero-order valence-corrected chi connectivity index (χ0v) is 9.63. The molecule has 0 N–H and O–H groups in total. The van der Waals surface area contributed by atoms with Crippen molar-refractivity contribution in [2.24, 2.45) is 0 Å². The molecule has 0 spiro atoms. The fourth-order valence-corrected chi connectivity index (χ4v) is 1.81. The van der Waals surface area contributed by atoms with E-state index in [1.807, 2.05) is 0 Å². The van der Waals surface area contributed by atoms with Gasteiger partial charge in [0, 0.05) is 18.4 Å². The molecule has 1 rings (SSSR count). The van der Waals surface area contributed by atoms with Gasteiger partial charge < -0.3 is 4.57 Å². The van der Waals surface area contributed by atoms with Gasteiger partial charge >= 0.3 is 0 Å². The molecule has 0 aliphatic carbocycles. The van der Waals surface area contributed by atoms with Crippen LogP contribution in [0.5, 0.6) is 0 Å². The summed E-state index contributed by atoms with van der Waals surface area (Å²) in [7, 11) is 0. The number of rotatable bonds is 7. The minimum absolute atomic E-state index is 1.20. The lowest BCUT2D eigenvalue weighted by molar-refractivity contribution is 0.554. The van der Waals surface area contributed by atoms with Crippen molar-refractivity contribution in [1.82, 2.24) is 4.57 Å². The average Bonchev–Trinajstić information content (AvgIpc) is 2.58. The van der Waals surface area contributed by atoms with Crippen LogP contribution in [0, 0.1) is 6.92 Å². The van der Waals surface area contributed by atoms with Gasteiger partial charge in [-0.25, -0.2) is 0 Å². The summed E-state index contributed by atoms with van der Waals surface area (Å²) >= 11 is 0. The summed E-state index contributed by atoms with van der Waals surface area (Å²) in [6.07, 6.45) is 10.5. The van der Waals surface area contributed by atoms with Crippen molar-refractivity contribution in [3.05, 3.63) is 24.0 Å². The van der Waals surface area contributed by atoms with Gasteiger partial charge in [0.1, 0.15) is 0 Å². The summed E-state index contributed by atoms with van der Waals surface area (Å²) in [5.41, 5.74) is 1.39. The SMILES string of the molecule is CCCCCCCCn1cccc1C. The Morgan fingerprint density at radius 3 is 2.43 bits per heavy atom. The van der Waals surface area contributed by atoms with Crippen LogP contribution in [0.2, 0.25) is 0 Å². The zero-order chi connectivity index (χ0) is 10.2. The van der Waals surface area contributed by atoms with Crippen molar-refractivity contribution < 1.29 is 0 Å². The van der Waals surface area contributed by atoms with E-state index >= 15 is 0 Å². The summed E-state index contributed by atoms with van der Waals surface area (Å²) in [6, 6.07) is 4.31. The highest BCUT2D eigenvalue weighted by Crippen LogP contribution is 2.07. The molecule has 1 heteroatoms. The number of aryl methyl sites for hydroxylation is 2. The zero-order valence-electron chi connectivity index (χ0n) is 9.63. The fraction of sp³-hybridized carbons (Fsp3) is 0.692. The molecular weight excluding hydrogens is 170 g/mol. The molecule has 80 valence electrons. The predicted molar refractivity (Wildman–Crippen MR) is 62.5 cm³/mol. The Labute approximate surface area is 88.1 Å². The van der Waals surface area contributed by atoms with Gasteiger partial charge in [-0.2, -0.15) is 0 Å². The number of hydrogen-bond donors (Lipinski definition) is 0. The van der Waals surface area contributed by atoms with E-state index in [0.717, 1.165) is 0 Å². The van der Waals surface area contributed by atoms with Crippen LogP contribution in [-0.4, -0.2) is 4.57 Å². The predicted octanol–water partition coefficient (Wildman–Crippen LogP) is 4.16. The van der Waals surface area contributed by atoms with Gasteiger partial charge in [-0.05, 0) is 25.5 Å². The average molecular weight is 193 g/mol. The fourth-order valence-electron chi connectivity index (χ4n) is 1.81. The lowest BCUT2D eigenvalue weighted by atomic mass is 10.1. The monoisotopic (exact) mass is 193 g/mol. The second-order valence-corrected chi connectivity index (χ2v) is 4.11. The maximum Gasteiger partial charge on any atom is 0.0222 e. The lowest BCUT2D eigenvalue weighted by Gasteiger charge is -2.05. The van der Waals surface area contributed by atoms with E-state index in [2.05, 4.69) is 36.7 Å². The summed E-state index contributed by atoms with van der Waals surface area (Å²) in [5.74, 6) is 0. The third kappa shape index (κ3) is 3.99. The molecule has 0 fully saturated rings. The molecule has 14 heavy (non-hydrogen) atoms. The van der Waals surface area contributed by atoms with Gasteiger partial charge in [0.15, 0.2) is 0 Å². The van der Waals surface area contributed by atoms with Gasteiger partial charge in [-0.15, -0.1) is 0 Å². The smallest absolute Gasteiger partial charge is 0.0222 e. The van der Waals surface area contributed by atoms with Gasteiger partial charge in [0.2, 0.25) is 0 Å². The minimum atomic E-state index is 1.20. The van der Waals surface area contributed by atoms with E-state index in [0.29, 0.717) is 0 Å². The molecule has 1 aromatic rings. The summed E-state index contributed by atoms with van der Waals surface area (Å²) in [4.78, 5) is 0. The van der Waals surface area contributed by atoms with Crippen molar-refractivity contribution in [2.45, 2.75) is 58.9 Å². The highest BCUT2D eigenvalue weighted by molar-refractivity contribution is 5.03. The van der Waals surface area contributed by atoms with Gasteiger partial charge in [-0.1, -0.05) is 39.0 Å². The molecule has 0 bridgehead atoms. The van der Waals surface area contributed by atoms with Gasteiger partial charge in [-0.3, -0.25) is 0 Å². The first-order valence-corrected chi connectivity index (χ1v) is 5.96. The molecule has 0 radical (unpaired) electrons. The van der Waals surface area contributed by atoms with Crippen LogP contribution in [0.1, 0.15) is 51.1 Å². The Bertz CT molecular complexity index is 237. The van der Waals surface area contributed by atoms with Crippen molar-refractivity contribution in [3.8, 4) is 0 Å². The van der Waals surface area contributed by atoms with Crippen LogP contribution in [0.15, 0.2) is 18.3 Å². The van der Waals surface area contributed by atoms with Crippen LogP contribution >= 0.6 is 0 Å². The van der Waals surface area contributed by atoms with Crippen LogP contribution in [0.3, 0.4) is 0 Å². The number of nitrogens with zero attached hydrogens (tertiary/aromatic N) is 1. The van der Waals surface area contributed by atoms with E-state index in [4.69, 9.17) is 0 Å². The second-order valence-electron chi connectivity index (χ2n) is 4.11. The molecule has 1 aromatic heterocycles. The van der Waals surface area contributed by atoms with Crippen molar-refractivity contribution in [3.63, 3.8) is 0 Å². The highest BCUT2D eigenvalue weighted by atomic mass is 14.9. The molecule has 0 aliphatic heterocycles. The largest absolute Gasteiger partial charge is 0.352 e. The van der Waals surface area contributed by atoms with E-state index in [9.17, 15) is 0 Å². The van der Waals surface area contributed by atoms with E-state index < -0.39 is 0 Å². The molecule has 0 unspecified atom stereocenters. The van der Waals surface area contributed by atoms with Gasteiger partial charge in [0.05, 0.1) is 0 Å². The Kier molecular flexibility index (Phi) is 5.43. The Balaban J connectivity index is 2.02.